The summed E-state index contributed by atoms with van der Waals surface area (Å²) < 4.78 is 13.0. The van der Waals surface area contributed by atoms with Crippen molar-refractivity contribution < 1.29 is 14.3 Å². The van der Waals surface area contributed by atoms with Gasteiger partial charge in [-0.1, -0.05) is 29.8 Å². The standard InChI is InChI=1S/C17H18ClFN2O2/c18-15-9-13(19)4-5-14(15)16(22)10-21-7-6-11-2-1-3-12(8-11)17(20)23/h1-5,8-9,16,21-22H,6-7,10H2,(H2,20,23). The summed E-state index contributed by atoms with van der Waals surface area (Å²) in [6.07, 6.45) is -0.134. The maximum Gasteiger partial charge on any atom is 0.248 e. The van der Waals surface area contributed by atoms with Crippen molar-refractivity contribution in [3.8, 4) is 0 Å². The van der Waals surface area contributed by atoms with Gasteiger partial charge in [0.1, 0.15) is 5.82 Å². The van der Waals surface area contributed by atoms with Crippen molar-refractivity contribution >= 4 is 17.5 Å². The zero-order valence-electron chi connectivity index (χ0n) is 12.4. The number of benzene rings is 2. The van der Waals surface area contributed by atoms with Crippen LogP contribution in [-0.2, 0) is 6.42 Å². The lowest BCUT2D eigenvalue weighted by molar-refractivity contribution is 0.1000. The average Bonchev–Trinajstić information content (AvgIpc) is 2.51. The van der Waals surface area contributed by atoms with Gasteiger partial charge in [0.25, 0.3) is 0 Å². The highest BCUT2D eigenvalue weighted by Crippen LogP contribution is 2.23. The number of primary amides is 1. The summed E-state index contributed by atoms with van der Waals surface area (Å²) in [4.78, 5) is 11.1. The minimum atomic E-state index is -0.819. The molecule has 2 aromatic rings. The van der Waals surface area contributed by atoms with Gasteiger partial charge in [-0.25, -0.2) is 4.39 Å². The van der Waals surface area contributed by atoms with E-state index < -0.39 is 17.8 Å². The lowest BCUT2D eigenvalue weighted by Crippen LogP contribution is -2.24. The summed E-state index contributed by atoms with van der Waals surface area (Å²) in [6, 6.07) is 11.0. The van der Waals surface area contributed by atoms with E-state index in [1.54, 1.807) is 18.2 Å². The number of nitrogens with one attached hydrogen (secondary N) is 1. The van der Waals surface area contributed by atoms with Crippen molar-refractivity contribution in [1.29, 1.82) is 0 Å². The molecular formula is C17H18ClFN2O2. The van der Waals surface area contributed by atoms with Crippen molar-refractivity contribution in [1.82, 2.24) is 5.32 Å². The third-order valence-corrected chi connectivity index (χ3v) is 3.79. The molecule has 0 heterocycles. The molecule has 122 valence electrons. The molecule has 0 radical (unpaired) electrons. The predicted molar refractivity (Wildman–Crippen MR) is 87.9 cm³/mol. The summed E-state index contributed by atoms with van der Waals surface area (Å²) in [5, 5.41) is 13.4. The monoisotopic (exact) mass is 336 g/mol. The van der Waals surface area contributed by atoms with Crippen LogP contribution in [0.25, 0.3) is 0 Å². The minimum Gasteiger partial charge on any atom is -0.387 e. The van der Waals surface area contributed by atoms with Crippen molar-refractivity contribution in [2.75, 3.05) is 13.1 Å². The Morgan fingerprint density at radius 2 is 2.09 bits per heavy atom. The molecule has 0 bridgehead atoms. The van der Waals surface area contributed by atoms with Crippen molar-refractivity contribution in [2.24, 2.45) is 5.73 Å². The summed E-state index contributed by atoms with van der Waals surface area (Å²) in [6.45, 7) is 0.902. The Balaban J connectivity index is 1.83. The topological polar surface area (TPSA) is 75.4 Å². The van der Waals surface area contributed by atoms with Gasteiger partial charge in [0.05, 0.1) is 6.10 Å². The van der Waals surface area contributed by atoms with Gasteiger partial charge in [-0.2, -0.15) is 0 Å². The maximum absolute atomic E-state index is 13.0. The lowest BCUT2D eigenvalue weighted by Gasteiger charge is -2.14. The van der Waals surface area contributed by atoms with Crippen LogP contribution in [0.15, 0.2) is 42.5 Å². The largest absolute Gasteiger partial charge is 0.387 e. The molecule has 2 aromatic carbocycles. The van der Waals surface area contributed by atoms with E-state index >= 15 is 0 Å². The molecule has 0 saturated heterocycles. The number of amides is 1. The molecule has 0 aromatic heterocycles. The van der Waals surface area contributed by atoms with Crippen LogP contribution < -0.4 is 11.1 Å². The molecule has 23 heavy (non-hydrogen) atoms. The van der Waals surface area contributed by atoms with Gasteiger partial charge in [0.15, 0.2) is 0 Å². The summed E-state index contributed by atoms with van der Waals surface area (Å²) in [5.74, 6) is -0.894. The van der Waals surface area contributed by atoms with Crippen LogP contribution >= 0.6 is 11.6 Å². The number of aliphatic hydroxyl groups excluding tert-OH is 1. The number of hydrogen-bond donors (Lipinski definition) is 3. The number of halogens is 2. The lowest BCUT2D eigenvalue weighted by atomic mass is 10.1. The van der Waals surface area contributed by atoms with E-state index in [0.29, 0.717) is 30.6 Å². The fourth-order valence-corrected chi connectivity index (χ4v) is 2.53. The van der Waals surface area contributed by atoms with E-state index in [4.69, 9.17) is 17.3 Å². The smallest absolute Gasteiger partial charge is 0.248 e. The molecule has 0 saturated carbocycles. The number of hydrogen-bond acceptors (Lipinski definition) is 3. The van der Waals surface area contributed by atoms with Crippen molar-refractivity contribution in [2.45, 2.75) is 12.5 Å². The van der Waals surface area contributed by atoms with Crippen LogP contribution in [0.1, 0.15) is 27.6 Å². The highest BCUT2D eigenvalue weighted by Gasteiger charge is 2.11. The molecule has 6 heteroatoms. The van der Waals surface area contributed by atoms with Crippen molar-refractivity contribution in [3.63, 3.8) is 0 Å². The average molecular weight is 337 g/mol. The summed E-state index contributed by atoms with van der Waals surface area (Å²) >= 11 is 5.91. The van der Waals surface area contributed by atoms with Crippen LogP contribution in [0.4, 0.5) is 4.39 Å². The van der Waals surface area contributed by atoms with Gasteiger partial charge in [0, 0.05) is 22.7 Å². The normalized spacial score (nSPS) is 12.1. The molecule has 1 unspecified atom stereocenters. The number of rotatable bonds is 7. The maximum atomic E-state index is 13.0. The SMILES string of the molecule is NC(=O)c1cccc(CCNCC(O)c2ccc(F)cc2Cl)c1. The van der Waals surface area contributed by atoms with Gasteiger partial charge in [0.2, 0.25) is 5.91 Å². The van der Waals surface area contributed by atoms with E-state index in [2.05, 4.69) is 5.32 Å². The van der Waals surface area contributed by atoms with E-state index in [1.807, 2.05) is 6.07 Å². The molecule has 0 fully saturated rings. The Hall–Kier alpha value is -1.95. The Morgan fingerprint density at radius 1 is 1.30 bits per heavy atom. The molecule has 4 N–H and O–H groups in total. The Kier molecular flexibility index (Phi) is 6.10. The van der Waals surface area contributed by atoms with E-state index in [9.17, 15) is 14.3 Å². The van der Waals surface area contributed by atoms with Crippen molar-refractivity contribution in [3.05, 3.63) is 70.0 Å². The van der Waals surface area contributed by atoms with Gasteiger partial charge in [-0.05, 0) is 42.8 Å². The Morgan fingerprint density at radius 3 is 2.78 bits per heavy atom. The molecule has 2 rings (SSSR count). The number of aliphatic hydroxyl groups is 1. The fourth-order valence-electron chi connectivity index (χ4n) is 2.23. The first-order valence-corrected chi connectivity index (χ1v) is 7.57. The highest BCUT2D eigenvalue weighted by molar-refractivity contribution is 6.31. The quantitative estimate of drug-likeness (QED) is 0.680. The second-order valence-corrected chi connectivity index (χ2v) is 5.61. The molecule has 0 aliphatic rings. The second kappa shape index (κ2) is 8.06. The molecule has 0 aliphatic heterocycles. The van der Waals surface area contributed by atoms with Crippen LogP contribution in [-0.4, -0.2) is 24.1 Å². The van der Waals surface area contributed by atoms with Crippen LogP contribution in [0, 0.1) is 5.82 Å². The molecule has 1 atom stereocenters. The Labute approximate surface area is 139 Å². The zero-order chi connectivity index (χ0) is 16.8. The first-order chi connectivity index (χ1) is 11.0. The number of carbonyl (C=O) groups excluding carboxylic acids is 1. The third kappa shape index (κ3) is 5.03. The first-order valence-electron chi connectivity index (χ1n) is 7.20. The summed E-state index contributed by atoms with van der Waals surface area (Å²) in [5.41, 5.74) is 7.17. The van der Waals surface area contributed by atoms with Crippen LogP contribution in [0.5, 0.6) is 0 Å². The zero-order valence-corrected chi connectivity index (χ0v) is 13.2. The first kappa shape index (κ1) is 17.4. The minimum absolute atomic E-state index is 0.202. The number of carbonyl (C=O) groups is 1. The molecule has 0 aliphatic carbocycles. The third-order valence-electron chi connectivity index (χ3n) is 3.46. The molecule has 1 amide bonds. The second-order valence-electron chi connectivity index (χ2n) is 5.20. The van der Waals surface area contributed by atoms with Gasteiger partial charge < -0.3 is 16.2 Å². The highest BCUT2D eigenvalue weighted by atomic mass is 35.5. The molecule has 0 spiro atoms. The summed E-state index contributed by atoms with van der Waals surface area (Å²) in [7, 11) is 0. The molecule has 4 nitrogen and oxygen atoms in total. The van der Waals surface area contributed by atoms with Gasteiger partial charge in [-0.15, -0.1) is 0 Å². The van der Waals surface area contributed by atoms with Crippen LogP contribution in [0.3, 0.4) is 0 Å². The molecular weight excluding hydrogens is 319 g/mol. The van der Waals surface area contributed by atoms with E-state index in [0.717, 1.165) is 5.56 Å². The van der Waals surface area contributed by atoms with Gasteiger partial charge >= 0.3 is 0 Å². The predicted octanol–water partition coefficient (Wildman–Crippen LogP) is 2.44. The Bertz CT molecular complexity index is 694. The van der Waals surface area contributed by atoms with Gasteiger partial charge in [-0.3, -0.25) is 4.79 Å². The van der Waals surface area contributed by atoms with Crippen LogP contribution in [0.2, 0.25) is 5.02 Å². The van der Waals surface area contributed by atoms with E-state index in [1.165, 1.54) is 18.2 Å². The fraction of sp³-hybridized carbons (Fsp3) is 0.235. The van der Waals surface area contributed by atoms with E-state index in [-0.39, 0.29) is 5.02 Å². The number of nitrogens with two attached hydrogens (primary N) is 1.